The van der Waals surface area contributed by atoms with Crippen LogP contribution >= 0.6 is 0 Å². The molecule has 0 bridgehead atoms. The van der Waals surface area contributed by atoms with E-state index in [0.29, 0.717) is 16.6 Å². The summed E-state index contributed by atoms with van der Waals surface area (Å²) in [6, 6.07) is 7.70. The lowest BCUT2D eigenvalue weighted by Crippen LogP contribution is -2.11. The Kier molecular flexibility index (Phi) is 2.97. The standard InChI is InChI=1S/C13H8N2O6S/c16-13-9-6-7-5-8(22(19,20)21)1-2-10(7)14-11(9)3-4-12(13)15(17)18/h1-6,14H,(H,19,20,21). The van der Waals surface area contributed by atoms with Crippen molar-refractivity contribution in [2.75, 3.05) is 0 Å². The van der Waals surface area contributed by atoms with Crippen molar-refractivity contribution in [3.8, 4) is 11.3 Å². The number of nitro groups is 1. The molecular weight excluding hydrogens is 312 g/mol. The van der Waals surface area contributed by atoms with Crippen LogP contribution in [0.3, 0.4) is 0 Å². The van der Waals surface area contributed by atoms with Crippen molar-refractivity contribution < 1.29 is 17.9 Å². The monoisotopic (exact) mass is 320 g/mol. The van der Waals surface area contributed by atoms with Gasteiger partial charge in [-0.25, -0.2) is 0 Å². The topological polar surface area (TPSA) is 130 Å². The summed E-state index contributed by atoms with van der Waals surface area (Å²) >= 11 is 0. The molecule has 3 rings (SSSR count). The van der Waals surface area contributed by atoms with Gasteiger partial charge in [0.1, 0.15) is 0 Å². The Labute approximate surface area is 123 Å². The van der Waals surface area contributed by atoms with Crippen LogP contribution < -0.4 is 5.43 Å². The average molecular weight is 320 g/mol. The van der Waals surface area contributed by atoms with Crippen molar-refractivity contribution in [1.82, 2.24) is 4.98 Å². The second-order valence-electron chi connectivity index (χ2n) is 4.63. The maximum Gasteiger partial charge on any atom is 0.317 e. The van der Waals surface area contributed by atoms with Crippen molar-refractivity contribution in [2.45, 2.75) is 4.90 Å². The molecular formula is C13H8N2O6S. The zero-order chi connectivity index (χ0) is 16.1. The third kappa shape index (κ3) is 2.22. The number of benzene rings is 2. The van der Waals surface area contributed by atoms with Gasteiger partial charge in [0.25, 0.3) is 15.5 Å². The zero-order valence-corrected chi connectivity index (χ0v) is 11.6. The highest BCUT2D eigenvalue weighted by Gasteiger charge is 2.19. The summed E-state index contributed by atoms with van der Waals surface area (Å²) in [4.78, 5) is 24.7. The molecule has 0 amide bonds. The molecule has 0 aromatic heterocycles. The van der Waals surface area contributed by atoms with Crippen molar-refractivity contribution in [3.63, 3.8) is 0 Å². The molecule has 8 nitrogen and oxygen atoms in total. The molecule has 0 saturated heterocycles. The van der Waals surface area contributed by atoms with E-state index in [1.165, 1.54) is 30.3 Å². The summed E-state index contributed by atoms with van der Waals surface area (Å²) in [5.41, 5.74) is -0.353. The van der Waals surface area contributed by atoms with E-state index in [1.54, 1.807) is 0 Å². The third-order valence-corrected chi connectivity index (χ3v) is 4.11. The molecule has 22 heavy (non-hydrogen) atoms. The Bertz CT molecular complexity index is 1050. The summed E-state index contributed by atoms with van der Waals surface area (Å²) in [7, 11) is -4.38. The van der Waals surface area contributed by atoms with E-state index in [2.05, 4.69) is 4.98 Å². The normalized spacial score (nSPS) is 11.9. The summed E-state index contributed by atoms with van der Waals surface area (Å²) in [6.07, 6.45) is 0. The van der Waals surface area contributed by atoms with Gasteiger partial charge in [0.05, 0.1) is 21.1 Å². The fraction of sp³-hybridized carbons (Fsp3) is 0. The first kappa shape index (κ1) is 14.2. The second-order valence-corrected chi connectivity index (χ2v) is 6.05. The van der Waals surface area contributed by atoms with E-state index in [9.17, 15) is 23.3 Å². The number of nitrogens with one attached hydrogen (secondary N) is 1. The minimum absolute atomic E-state index is 0.0641. The highest BCUT2D eigenvalue weighted by molar-refractivity contribution is 7.85. The third-order valence-electron chi connectivity index (χ3n) is 3.26. The van der Waals surface area contributed by atoms with Crippen LogP contribution in [0.5, 0.6) is 0 Å². The molecule has 0 saturated carbocycles. The molecule has 1 aliphatic carbocycles. The second kappa shape index (κ2) is 4.61. The number of hydrogen-bond donors (Lipinski definition) is 2. The zero-order valence-electron chi connectivity index (χ0n) is 10.8. The van der Waals surface area contributed by atoms with Gasteiger partial charge in [-0.05, 0) is 30.3 Å². The van der Waals surface area contributed by atoms with Crippen LogP contribution in [-0.4, -0.2) is 22.9 Å². The minimum Gasteiger partial charge on any atom is -0.354 e. The van der Waals surface area contributed by atoms with E-state index >= 15 is 0 Å². The largest absolute Gasteiger partial charge is 0.354 e. The predicted molar refractivity (Wildman–Crippen MR) is 77.7 cm³/mol. The maximum absolute atomic E-state index is 12.1. The lowest BCUT2D eigenvalue weighted by Gasteiger charge is -2.08. The number of H-pyrrole nitrogens is 1. The molecule has 0 radical (unpaired) electrons. The Morgan fingerprint density at radius 2 is 1.86 bits per heavy atom. The first-order valence-electron chi connectivity index (χ1n) is 5.99. The predicted octanol–water partition coefficient (Wildman–Crippen LogP) is 1.79. The number of aromatic nitrogens is 1. The molecule has 0 atom stereocenters. The lowest BCUT2D eigenvalue weighted by molar-refractivity contribution is -0.385. The minimum atomic E-state index is -4.38. The van der Waals surface area contributed by atoms with Crippen LogP contribution in [-0.2, 0) is 10.1 Å². The Morgan fingerprint density at radius 3 is 2.50 bits per heavy atom. The molecule has 1 aromatic rings. The van der Waals surface area contributed by atoms with Gasteiger partial charge in [0.2, 0.25) is 0 Å². The molecule has 1 aromatic carbocycles. The number of fused-ring (bicyclic) bond motifs is 2. The molecule has 1 heterocycles. The van der Waals surface area contributed by atoms with Crippen LogP contribution in [0.4, 0.5) is 5.69 Å². The van der Waals surface area contributed by atoms with Crippen molar-refractivity contribution in [1.29, 1.82) is 0 Å². The maximum atomic E-state index is 12.1. The number of pyridine rings is 1. The number of aromatic amines is 1. The SMILES string of the molecule is O=c1c2cc3cc(S(=O)(=O)O)ccc3[nH]c-2ccc1[N+](=O)[O-]. The van der Waals surface area contributed by atoms with Crippen LogP contribution in [0.25, 0.3) is 22.2 Å². The molecule has 2 aliphatic rings. The highest BCUT2D eigenvalue weighted by atomic mass is 32.2. The van der Waals surface area contributed by atoms with Crippen LogP contribution in [0.1, 0.15) is 0 Å². The van der Waals surface area contributed by atoms with Gasteiger partial charge in [-0.15, -0.1) is 0 Å². The van der Waals surface area contributed by atoms with E-state index in [4.69, 9.17) is 4.55 Å². The number of rotatable bonds is 2. The lowest BCUT2D eigenvalue weighted by atomic mass is 10.0. The van der Waals surface area contributed by atoms with Crippen molar-refractivity contribution >= 4 is 26.7 Å². The van der Waals surface area contributed by atoms with Gasteiger partial charge in [-0.1, -0.05) is 0 Å². The van der Waals surface area contributed by atoms with Gasteiger partial charge >= 0.3 is 5.69 Å². The molecule has 1 aliphatic heterocycles. The Hall–Kier alpha value is -2.78. The van der Waals surface area contributed by atoms with Crippen LogP contribution in [0.15, 0.2) is 46.1 Å². The number of nitrogens with zero attached hydrogens (tertiary/aromatic N) is 1. The fourth-order valence-electron chi connectivity index (χ4n) is 2.22. The van der Waals surface area contributed by atoms with Crippen LogP contribution in [0, 0.1) is 10.1 Å². The van der Waals surface area contributed by atoms with Crippen LogP contribution in [0.2, 0.25) is 0 Å². The smallest absolute Gasteiger partial charge is 0.317 e. The molecule has 9 heteroatoms. The van der Waals surface area contributed by atoms with E-state index in [0.717, 1.165) is 6.07 Å². The van der Waals surface area contributed by atoms with E-state index in [-0.39, 0.29) is 10.5 Å². The molecule has 0 fully saturated rings. The van der Waals surface area contributed by atoms with E-state index in [1.807, 2.05) is 0 Å². The van der Waals surface area contributed by atoms with Crippen molar-refractivity contribution in [3.05, 3.63) is 56.7 Å². The molecule has 112 valence electrons. The van der Waals surface area contributed by atoms with Gasteiger partial charge in [0, 0.05) is 17.0 Å². The molecule has 0 unspecified atom stereocenters. The Balaban J connectivity index is 2.39. The van der Waals surface area contributed by atoms with Crippen molar-refractivity contribution in [2.24, 2.45) is 0 Å². The van der Waals surface area contributed by atoms with Gasteiger partial charge in [-0.2, -0.15) is 8.42 Å². The summed E-state index contributed by atoms with van der Waals surface area (Å²) in [6.45, 7) is 0. The number of nitro benzene ring substituents is 1. The van der Waals surface area contributed by atoms with Gasteiger partial charge in [-0.3, -0.25) is 19.5 Å². The van der Waals surface area contributed by atoms with Gasteiger partial charge in [0.15, 0.2) is 0 Å². The first-order chi connectivity index (χ1) is 10.3. The quantitative estimate of drug-likeness (QED) is 0.320. The molecule has 2 N–H and O–H groups in total. The highest BCUT2D eigenvalue weighted by Crippen LogP contribution is 2.26. The van der Waals surface area contributed by atoms with E-state index < -0.39 is 26.2 Å². The number of hydrogen-bond acceptors (Lipinski definition) is 5. The van der Waals surface area contributed by atoms with Gasteiger partial charge < -0.3 is 4.98 Å². The first-order valence-corrected chi connectivity index (χ1v) is 7.43. The summed E-state index contributed by atoms with van der Waals surface area (Å²) < 4.78 is 31.3. The summed E-state index contributed by atoms with van der Waals surface area (Å²) in [5, 5.41) is 11.1. The number of non-ortho nitro benzene ring substituents is 1. The average Bonchev–Trinajstić information content (AvgIpc) is 2.44. The summed E-state index contributed by atoms with van der Waals surface area (Å²) in [5.74, 6) is 0. The molecule has 0 spiro atoms. The fourth-order valence-corrected chi connectivity index (χ4v) is 2.74. The Morgan fingerprint density at radius 1 is 1.14 bits per heavy atom.